The fourth-order valence-corrected chi connectivity index (χ4v) is 6.77. The first-order valence-corrected chi connectivity index (χ1v) is 12.8. The molecule has 2 aliphatic rings. The third kappa shape index (κ3) is 4.04. The maximum atomic E-state index is 13.2. The Balaban J connectivity index is 1.42. The lowest BCUT2D eigenvalue weighted by Gasteiger charge is -2.48. The Morgan fingerprint density at radius 1 is 1.18 bits per heavy atom. The van der Waals surface area contributed by atoms with Crippen molar-refractivity contribution >= 4 is 44.8 Å². The van der Waals surface area contributed by atoms with Gasteiger partial charge >= 0.3 is 0 Å². The van der Waals surface area contributed by atoms with Crippen molar-refractivity contribution in [2.45, 2.75) is 42.6 Å². The highest BCUT2D eigenvalue weighted by Gasteiger charge is 2.52. The summed E-state index contributed by atoms with van der Waals surface area (Å²) in [5.74, 6) is -0.483. The molecule has 1 fully saturated rings. The molecule has 0 radical (unpaired) electrons. The molecule has 3 heterocycles. The normalized spacial score (nSPS) is 20.2. The maximum Gasteiger partial charge on any atom is 0.257 e. The molecule has 1 saturated heterocycles. The van der Waals surface area contributed by atoms with Crippen molar-refractivity contribution in [2.24, 2.45) is 0 Å². The highest BCUT2D eigenvalue weighted by atomic mass is 32.2. The number of nitrogens with zero attached hydrogens (tertiary/aromatic N) is 3. The number of benzene rings is 1. The van der Waals surface area contributed by atoms with Gasteiger partial charge in [-0.2, -0.15) is 0 Å². The topological polar surface area (TPSA) is 107 Å². The van der Waals surface area contributed by atoms with Gasteiger partial charge in [-0.1, -0.05) is 12.1 Å². The standard InChI is InChI=1S/C22H26N4O5S2/c1-22-12-10-19(28)26(22)17-7-5-4-6-16(17)21(29)25(22)13-11-18(27)23-14-15-8-9-20(32-15)33(30,31)24(2)3/h4-9H,10-14H2,1-3H3,(H,23,27). The summed E-state index contributed by atoms with van der Waals surface area (Å²) < 4.78 is 25.8. The van der Waals surface area contributed by atoms with Crippen molar-refractivity contribution in [3.05, 3.63) is 46.8 Å². The van der Waals surface area contributed by atoms with Gasteiger partial charge < -0.3 is 10.2 Å². The molecule has 1 unspecified atom stereocenters. The molecule has 176 valence electrons. The molecule has 1 N–H and O–H groups in total. The van der Waals surface area contributed by atoms with Crippen LogP contribution in [-0.4, -0.2) is 61.6 Å². The van der Waals surface area contributed by atoms with Gasteiger partial charge in [0.2, 0.25) is 11.8 Å². The molecule has 1 aromatic carbocycles. The Labute approximate surface area is 197 Å². The third-order valence-corrected chi connectivity index (χ3v) is 9.51. The maximum absolute atomic E-state index is 13.2. The number of sulfonamides is 1. The predicted molar refractivity (Wildman–Crippen MR) is 124 cm³/mol. The number of thiophene rings is 1. The molecule has 4 rings (SSSR count). The van der Waals surface area contributed by atoms with Crippen molar-refractivity contribution in [2.75, 3.05) is 25.5 Å². The highest BCUT2D eigenvalue weighted by Crippen LogP contribution is 2.43. The first kappa shape index (κ1) is 23.4. The number of amides is 3. The molecule has 11 heteroatoms. The van der Waals surface area contributed by atoms with Gasteiger partial charge in [-0.15, -0.1) is 11.3 Å². The van der Waals surface area contributed by atoms with Crippen LogP contribution in [0.5, 0.6) is 0 Å². The van der Waals surface area contributed by atoms with E-state index in [9.17, 15) is 22.8 Å². The van der Waals surface area contributed by atoms with E-state index >= 15 is 0 Å². The summed E-state index contributed by atoms with van der Waals surface area (Å²) in [6, 6.07) is 10.3. The molecule has 1 aromatic heterocycles. The number of rotatable bonds is 7. The monoisotopic (exact) mass is 490 g/mol. The Morgan fingerprint density at radius 2 is 1.91 bits per heavy atom. The molecular weight excluding hydrogens is 464 g/mol. The summed E-state index contributed by atoms with van der Waals surface area (Å²) in [6.45, 7) is 2.23. The minimum atomic E-state index is -3.51. The summed E-state index contributed by atoms with van der Waals surface area (Å²) >= 11 is 1.11. The fraction of sp³-hybridized carbons (Fsp3) is 0.409. The van der Waals surface area contributed by atoms with E-state index in [1.54, 1.807) is 40.1 Å². The van der Waals surface area contributed by atoms with Gasteiger partial charge in [-0.05, 0) is 37.6 Å². The van der Waals surface area contributed by atoms with Crippen molar-refractivity contribution in [1.29, 1.82) is 0 Å². The number of nitrogens with one attached hydrogen (secondary N) is 1. The van der Waals surface area contributed by atoms with Crippen molar-refractivity contribution in [3.8, 4) is 0 Å². The molecule has 2 aromatic rings. The zero-order valence-electron chi connectivity index (χ0n) is 18.7. The van der Waals surface area contributed by atoms with Crippen LogP contribution < -0.4 is 10.2 Å². The Bertz CT molecular complexity index is 1220. The first-order valence-electron chi connectivity index (χ1n) is 10.6. The van der Waals surface area contributed by atoms with Gasteiger partial charge in [0.05, 0.1) is 17.8 Å². The van der Waals surface area contributed by atoms with Crippen LogP contribution in [0, 0.1) is 0 Å². The number of para-hydroxylation sites is 1. The molecule has 0 spiro atoms. The number of carbonyl (C=O) groups is 3. The first-order chi connectivity index (χ1) is 15.6. The van der Waals surface area contributed by atoms with Crippen molar-refractivity contribution in [1.82, 2.24) is 14.5 Å². The van der Waals surface area contributed by atoms with Gasteiger partial charge in [0.15, 0.2) is 0 Å². The molecule has 33 heavy (non-hydrogen) atoms. The second-order valence-corrected chi connectivity index (χ2v) is 12.0. The lowest BCUT2D eigenvalue weighted by Crippen LogP contribution is -2.62. The third-order valence-electron chi connectivity index (χ3n) is 6.14. The lowest BCUT2D eigenvalue weighted by atomic mass is 9.98. The number of anilines is 1. The van der Waals surface area contributed by atoms with Crippen LogP contribution in [-0.2, 0) is 26.2 Å². The summed E-state index contributed by atoms with van der Waals surface area (Å²) in [4.78, 5) is 42.4. The summed E-state index contributed by atoms with van der Waals surface area (Å²) in [5, 5.41) is 2.79. The van der Waals surface area contributed by atoms with E-state index in [0.717, 1.165) is 15.6 Å². The summed E-state index contributed by atoms with van der Waals surface area (Å²) in [5.41, 5.74) is 0.277. The van der Waals surface area contributed by atoms with E-state index in [1.165, 1.54) is 20.2 Å². The Kier molecular flexibility index (Phi) is 6.06. The molecule has 0 bridgehead atoms. The van der Waals surface area contributed by atoms with Crippen LogP contribution in [0.15, 0.2) is 40.6 Å². The van der Waals surface area contributed by atoms with Crippen LogP contribution in [0.25, 0.3) is 0 Å². The SMILES string of the molecule is CN(C)S(=O)(=O)c1ccc(CNC(=O)CCN2C(=O)c3ccccc3N3C(=O)CCC23C)s1. The van der Waals surface area contributed by atoms with Crippen LogP contribution in [0.1, 0.15) is 41.4 Å². The molecule has 1 atom stereocenters. The van der Waals surface area contributed by atoms with Gasteiger partial charge in [0.25, 0.3) is 15.9 Å². The van der Waals surface area contributed by atoms with E-state index in [0.29, 0.717) is 29.0 Å². The largest absolute Gasteiger partial charge is 0.351 e. The van der Waals surface area contributed by atoms with Crippen LogP contribution in [0.2, 0.25) is 0 Å². The number of hydrogen-bond donors (Lipinski definition) is 1. The predicted octanol–water partition coefficient (Wildman–Crippen LogP) is 2.00. The van der Waals surface area contributed by atoms with E-state index in [1.807, 2.05) is 6.92 Å². The van der Waals surface area contributed by atoms with Crippen molar-refractivity contribution in [3.63, 3.8) is 0 Å². The van der Waals surface area contributed by atoms with E-state index < -0.39 is 15.7 Å². The number of hydrogen-bond acceptors (Lipinski definition) is 6. The average molecular weight is 491 g/mol. The van der Waals surface area contributed by atoms with Gasteiger partial charge in [0, 0.05) is 38.4 Å². The van der Waals surface area contributed by atoms with Gasteiger partial charge in [-0.25, -0.2) is 12.7 Å². The Morgan fingerprint density at radius 3 is 2.64 bits per heavy atom. The van der Waals surface area contributed by atoms with E-state index in [4.69, 9.17) is 0 Å². The lowest BCUT2D eigenvalue weighted by molar-refractivity contribution is -0.121. The van der Waals surface area contributed by atoms with Gasteiger partial charge in [-0.3, -0.25) is 19.3 Å². The minimum absolute atomic E-state index is 0.0342. The van der Waals surface area contributed by atoms with Gasteiger partial charge in [0.1, 0.15) is 9.87 Å². The van der Waals surface area contributed by atoms with Crippen LogP contribution >= 0.6 is 11.3 Å². The zero-order valence-corrected chi connectivity index (χ0v) is 20.3. The average Bonchev–Trinajstić information content (AvgIpc) is 3.37. The quantitative estimate of drug-likeness (QED) is 0.639. The second kappa shape index (κ2) is 8.54. The fourth-order valence-electron chi connectivity index (χ4n) is 4.30. The minimum Gasteiger partial charge on any atom is -0.351 e. The van der Waals surface area contributed by atoms with Crippen molar-refractivity contribution < 1.29 is 22.8 Å². The number of carbonyl (C=O) groups excluding carboxylic acids is 3. The molecule has 0 aliphatic carbocycles. The molecule has 2 aliphatic heterocycles. The number of fused-ring (bicyclic) bond motifs is 3. The Hall–Kier alpha value is -2.76. The van der Waals surface area contributed by atoms with E-state index in [2.05, 4.69) is 5.32 Å². The second-order valence-electron chi connectivity index (χ2n) is 8.45. The van der Waals surface area contributed by atoms with E-state index in [-0.39, 0.29) is 41.4 Å². The molecule has 0 saturated carbocycles. The molecule has 3 amide bonds. The molecule has 9 nitrogen and oxygen atoms in total. The van der Waals surface area contributed by atoms with Crippen LogP contribution in [0.3, 0.4) is 0 Å². The zero-order chi connectivity index (χ0) is 24.0. The smallest absolute Gasteiger partial charge is 0.257 e. The van der Waals surface area contributed by atoms with Crippen LogP contribution in [0.4, 0.5) is 5.69 Å². The summed E-state index contributed by atoms with van der Waals surface area (Å²) in [6.07, 6.45) is 0.920. The summed E-state index contributed by atoms with van der Waals surface area (Å²) in [7, 11) is -0.570. The highest BCUT2D eigenvalue weighted by molar-refractivity contribution is 7.91. The molecular formula is C22H26N4O5S2.